The van der Waals surface area contributed by atoms with Crippen LogP contribution in [-0.2, 0) is 6.42 Å². The van der Waals surface area contributed by atoms with E-state index in [2.05, 4.69) is 23.9 Å². The van der Waals surface area contributed by atoms with Crippen molar-refractivity contribution < 1.29 is 5.11 Å². The summed E-state index contributed by atoms with van der Waals surface area (Å²) < 4.78 is 2.14. The van der Waals surface area contributed by atoms with E-state index in [4.69, 9.17) is 5.10 Å². The molecule has 1 aromatic rings. The third-order valence-corrected chi connectivity index (χ3v) is 5.87. The fourth-order valence-corrected chi connectivity index (χ4v) is 4.67. The van der Waals surface area contributed by atoms with Gasteiger partial charge >= 0.3 is 0 Å². The Bertz CT molecular complexity index is 428. The molecular formula is C15H24N2OS. The molecule has 2 heterocycles. The Morgan fingerprint density at radius 2 is 2.21 bits per heavy atom. The first-order chi connectivity index (χ1) is 9.15. The van der Waals surface area contributed by atoms with Crippen LogP contribution in [0.2, 0.25) is 0 Å². The topological polar surface area (TPSA) is 38.0 Å². The van der Waals surface area contributed by atoms with Crippen molar-refractivity contribution in [2.24, 2.45) is 0 Å². The molecule has 3 rings (SSSR count). The Balaban J connectivity index is 1.64. The summed E-state index contributed by atoms with van der Waals surface area (Å²) in [5.41, 5.74) is 0.526. The SMILES string of the molecule is CC1CC(O)(Cc2ccn(C3CCCCC3)n2)CS1. The summed E-state index contributed by atoms with van der Waals surface area (Å²) in [5, 5.41) is 15.9. The van der Waals surface area contributed by atoms with Crippen LogP contribution < -0.4 is 0 Å². The molecule has 2 aliphatic rings. The maximum absolute atomic E-state index is 10.6. The Morgan fingerprint density at radius 1 is 1.42 bits per heavy atom. The van der Waals surface area contributed by atoms with Crippen molar-refractivity contribution in [2.75, 3.05) is 5.75 Å². The molecule has 0 aromatic carbocycles. The average Bonchev–Trinajstić information content (AvgIpc) is 2.98. The number of thioether (sulfide) groups is 1. The smallest absolute Gasteiger partial charge is 0.0804 e. The molecule has 3 nitrogen and oxygen atoms in total. The van der Waals surface area contributed by atoms with Gasteiger partial charge in [0, 0.05) is 23.6 Å². The first-order valence-corrected chi connectivity index (χ1v) is 8.58. The summed E-state index contributed by atoms with van der Waals surface area (Å²) >= 11 is 1.87. The van der Waals surface area contributed by atoms with Crippen LogP contribution in [0.4, 0.5) is 0 Å². The number of hydrogen-bond donors (Lipinski definition) is 1. The van der Waals surface area contributed by atoms with Crippen LogP contribution in [0.25, 0.3) is 0 Å². The second-order valence-corrected chi connectivity index (χ2v) is 7.73. The van der Waals surface area contributed by atoms with Gasteiger partial charge in [-0.1, -0.05) is 26.2 Å². The van der Waals surface area contributed by atoms with Crippen LogP contribution in [0.3, 0.4) is 0 Å². The van der Waals surface area contributed by atoms with Gasteiger partial charge in [-0.3, -0.25) is 4.68 Å². The molecule has 1 saturated heterocycles. The Labute approximate surface area is 119 Å². The van der Waals surface area contributed by atoms with Gasteiger partial charge in [0.2, 0.25) is 0 Å². The zero-order valence-electron chi connectivity index (χ0n) is 11.7. The third kappa shape index (κ3) is 3.16. The molecule has 2 fully saturated rings. The standard InChI is InChI=1S/C15H24N2OS/c1-12-9-15(18,11-19-12)10-13-7-8-17(16-13)14-5-3-2-4-6-14/h7-8,12,14,18H,2-6,9-11H2,1H3. The maximum atomic E-state index is 10.6. The van der Waals surface area contributed by atoms with E-state index in [9.17, 15) is 5.11 Å². The molecule has 2 atom stereocenters. The predicted octanol–water partition coefficient (Wildman–Crippen LogP) is 3.19. The Hall–Kier alpha value is -0.480. The Kier molecular flexibility index (Phi) is 3.90. The van der Waals surface area contributed by atoms with Gasteiger partial charge in [-0.2, -0.15) is 16.9 Å². The number of aliphatic hydroxyl groups is 1. The molecule has 1 N–H and O–H groups in total. The van der Waals surface area contributed by atoms with E-state index in [1.807, 2.05) is 11.8 Å². The molecule has 0 amide bonds. The second-order valence-electron chi connectivity index (χ2n) is 6.31. The van der Waals surface area contributed by atoms with Crippen molar-refractivity contribution in [3.8, 4) is 0 Å². The van der Waals surface area contributed by atoms with Crippen LogP contribution in [0, 0.1) is 0 Å². The van der Waals surface area contributed by atoms with E-state index >= 15 is 0 Å². The van der Waals surface area contributed by atoms with Gasteiger partial charge in [-0.15, -0.1) is 0 Å². The lowest BCUT2D eigenvalue weighted by Crippen LogP contribution is -2.31. The lowest BCUT2D eigenvalue weighted by atomic mass is 9.95. The van der Waals surface area contributed by atoms with Crippen LogP contribution in [0.1, 0.15) is 57.2 Å². The normalized spacial score (nSPS) is 32.8. The van der Waals surface area contributed by atoms with Crippen LogP contribution in [-0.4, -0.2) is 31.5 Å². The minimum atomic E-state index is -0.532. The number of rotatable bonds is 3. The number of aromatic nitrogens is 2. The van der Waals surface area contributed by atoms with Crippen molar-refractivity contribution >= 4 is 11.8 Å². The van der Waals surface area contributed by atoms with E-state index in [1.54, 1.807) is 0 Å². The van der Waals surface area contributed by atoms with Gasteiger partial charge in [0.05, 0.1) is 17.3 Å². The van der Waals surface area contributed by atoms with Crippen molar-refractivity contribution in [1.82, 2.24) is 9.78 Å². The molecule has 4 heteroatoms. The summed E-state index contributed by atoms with van der Waals surface area (Å²) in [4.78, 5) is 0. The van der Waals surface area contributed by atoms with Gasteiger partial charge in [-0.25, -0.2) is 0 Å². The van der Waals surface area contributed by atoms with Crippen LogP contribution in [0.15, 0.2) is 12.3 Å². The molecular weight excluding hydrogens is 256 g/mol. The second kappa shape index (κ2) is 5.49. The predicted molar refractivity (Wildman–Crippen MR) is 79.5 cm³/mol. The lowest BCUT2D eigenvalue weighted by Gasteiger charge is -2.22. The molecule has 19 heavy (non-hydrogen) atoms. The van der Waals surface area contributed by atoms with E-state index in [0.717, 1.165) is 17.9 Å². The van der Waals surface area contributed by atoms with Crippen molar-refractivity contribution in [1.29, 1.82) is 0 Å². The van der Waals surface area contributed by atoms with Crippen molar-refractivity contribution in [3.05, 3.63) is 18.0 Å². The number of nitrogens with zero attached hydrogens (tertiary/aromatic N) is 2. The van der Waals surface area contributed by atoms with Gasteiger partial charge in [0.15, 0.2) is 0 Å². The molecule has 0 spiro atoms. The lowest BCUT2D eigenvalue weighted by molar-refractivity contribution is 0.0630. The summed E-state index contributed by atoms with van der Waals surface area (Å²) in [6.45, 7) is 2.20. The summed E-state index contributed by atoms with van der Waals surface area (Å²) in [6, 6.07) is 2.69. The molecule has 106 valence electrons. The molecule has 2 unspecified atom stereocenters. The molecule has 1 saturated carbocycles. The summed E-state index contributed by atoms with van der Waals surface area (Å²) in [7, 11) is 0. The summed E-state index contributed by atoms with van der Waals surface area (Å²) in [6.07, 6.45) is 10.3. The average molecular weight is 280 g/mol. The van der Waals surface area contributed by atoms with Gasteiger partial charge < -0.3 is 5.11 Å². The maximum Gasteiger partial charge on any atom is 0.0804 e. The van der Waals surface area contributed by atoms with E-state index in [1.165, 1.54) is 32.1 Å². The largest absolute Gasteiger partial charge is 0.389 e. The highest BCUT2D eigenvalue weighted by Gasteiger charge is 2.36. The molecule has 0 radical (unpaired) electrons. The zero-order valence-corrected chi connectivity index (χ0v) is 12.5. The summed E-state index contributed by atoms with van der Waals surface area (Å²) in [5.74, 6) is 0.852. The van der Waals surface area contributed by atoms with E-state index < -0.39 is 5.60 Å². The van der Waals surface area contributed by atoms with Gasteiger partial charge in [0.25, 0.3) is 0 Å². The third-order valence-electron chi connectivity index (χ3n) is 4.43. The monoisotopic (exact) mass is 280 g/mol. The van der Waals surface area contributed by atoms with E-state index in [0.29, 0.717) is 17.7 Å². The Morgan fingerprint density at radius 3 is 2.89 bits per heavy atom. The molecule has 1 aliphatic carbocycles. The molecule has 1 aromatic heterocycles. The highest BCUT2D eigenvalue weighted by atomic mass is 32.2. The van der Waals surface area contributed by atoms with Gasteiger partial charge in [0.1, 0.15) is 0 Å². The van der Waals surface area contributed by atoms with Crippen LogP contribution >= 0.6 is 11.8 Å². The van der Waals surface area contributed by atoms with Crippen molar-refractivity contribution in [3.63, 3.8) is 0 Å². The first kappa shape index (κ1) is 13.5. The van der Waals surface area contributed by atoms with Crippen molar-refractivity contribution in [2.45, 2.75) is 68.8 Å². The quantitative estimate of drug-likeness (QED) is 0.924. The number of hydrogen-bond acceptors (Lipinski definition) is 3. The minimum Gasteiger partial charge on any atom is -0.389 e. The highest BCUT2D eigenvalue weighted by Crippen LogP contribution is 2.36. The molecule has 0 bridgehead atoms. The van der Waals surface area contributed by atoms with Gasteiger partial charge in [-0.05, 0) is 25.3 Å². The first-order valence-electron chi connectivity index (χ1n) is 7.53. The fraction of sp³-hybridized carbons (Fsp3) is 0.800. The minimum absolute atomic E-state index is 0.532. The molecule has 1 aliphatic heterocycles. The fourth-order valence-electron chi connectivity index (χ4n) is 3.43. The van der Waals surface area contributed by atoms with E-state index in [-0.39, 0.29) is 0 Å². The van der Waals surface area contributed by atoms with Crippen LogP contribution in [0.5, 0.6) is 0 Å². The highest BCUT2D eigenvalue weighted by molar-refractivity contribution is 8.00. The zero-order chi connectivity index (χ0) is 13.3.